The van der Waals surface area contributed by atoms with Gasteiger partial charge in [0.1, 0.15) is 0 Å². The van der Waals surface area contributed by atoms with Crippen molar-refractivity contribution >= 4 is 16.1 Å². The molecule has 3 heterocycles. The number of sulfonamides is 1. The predicted octanol–water partition coefficient (Wildman–Crippen LogP) is 1.17. The molecular weight excluding hydrogens is 406 g/mol. The normalized spacial score (nSPS) is 24.2. The van der Waals surface area contributed by atoms with Gasteiger partial charge in [-0.3, -0.25) is 0 Å². The summed E-state index contributed by atoms with van der Waals surface area (Å²) >= 11 is 0. The van der Waals surface area contributed by atoms with Crippen LogP contribution in [-0.2, 0) is 21.9 Å². The second-order valence-corrected chi connectivity index (χ2v) is 10.3. The Kier molecular flexibility index (Phi) is 5.54. The highest BCUT2D eigenvalue weighted by molar-refractivity contribution is 7.89. The van der Waals surface area contributed by atoms with Gasteiger partial charge in [-0.1, -0.05) is 35.5 Å². The van der Waals surface area contributed by atoms with Gasteiger partial charge in [0.05, 0.1) is 11.2 Å². The molecule has 0 bridgehead atoms. The molecule has 2 atom stereocenters. The van der Waals surface area contributed by atoms with Crippen molar-refractivity contribution in [2.45, 2.75) is 25.7 Å². The van der Waals surface area contributed by atoms with Gasteiger partial charge in [0.2, 0.25) is 15.9 Å². The first-order valence-corrected chi connectivity index (χ1v) is 11.8. The van der Waals surface area contributed by atoms with Gasteiger partial charge in [0, 0.05) is 38.6 Å². The number of urea groups is 1. The molecule has 10 heteroatoms. The van der Waals surface area contributed by atoms with E-state index in [1.807, 2.05) is 30.3 Å². The van der Waals surface area contributed by atoms with Crippen LogP contribution in [0.1, 0.15) is 24.2 Å². The monoisotopic (exact) mass is 433 g/mol. The Bertz CT molecular complexity index is 1010. The van der Waals surface area contributed by atoms with Crippen LogP contribution in [0.15, 0.2) is 34.9 Å². The Morgan fingerprint density at radius 2 is 2.03 bits per heavy atom. The van der Waals surface area contributed by atoms with Crippen LogP contribution in [0.4, 0.5) is 4.79 Å². The Morgan fingerprint density at radius 3 is 2.70 bits per heavy atom. The number of hydrogen-bond acceptors (Lipinski definition) is 6. The van der Waals surface area contributed by atoms with Crippen molar-refractivity contribution in [1.82, 2.24) is 24.7 Å². The molecule has 30 heavy (non-hydrogen) atoms. The summed E-state index contributed by atoms with van der Waals surface area (Å²) in [6, 6.07) is 9.83. The van der Waals surface area contributed by atoms with Crippen molar-refractivity contribution in [3.8, 4) is 0 Å². The van der Waals surface area contributed by atoms with Crippen molar-refractivity contribution < 1.29 is 17.7 Å². The molecule has 1 aromatic carbocycles. The number of nitrogens with one attached hydrogen (secondary N) is 1. The maximum Gasteiger partial charge on any atom is 0.317 e. The molecule has 0 radical (unpaired) electrons. The van der Waals surface area contributed by atoms with Gasteiger partial charge in [-0.2, -0.15) is 4.98 Å². The summed E-state index contributed by atoms with van der Waals surface area (Å²) in [5.41, 5.74) is 0.495. The van der Waals surface area contributed by atoms with Crippen molar-refractivity contribution in [1.29, 1.82) is 0 Å². The minimum Gasteiger partial charge on any atom is -0.339 e. The molecule has 2 fully saturated rings. The molecule has 1 aromatic heterocycles. The molecule has 0 spiro atoms. The summed E-state index contributed by atoms with van der Waals surface area (Å²) < 4.78 is 31.9. The molecule has 9 nitrogen and oxygen atoms in total. The maximum atomic E-state index is 12.8. The quantitative estimate of drug-likeness (QED) is 0.732. The van der Waals surface area contributed by atoms with E-state index in [1.54, 1.807) is 18.7 Å². The van der Waals surface area contributed by atoms with E-state index in [9.17, 15) is 13.2 Å². The largest absolute Gasteiger partial charge is 0.339 e. The molecule has 2 saturated heterocycles. The Morgan fingerprint density at radius 1 is 1.27 bits per heavy atom. The fraction of sp³-hybridized carbons (Fsp3) is 0.550. The third-order valence-corrected chi connectivity index (χ3v) is 7.90. The minimum absolute atomic E-state index is 0.0440. The summed E-state index contributed by atoms with van der Waals surface area (Å²) in [6.07, 6.45) is 0.750. The Balaban J connectivity index is 1.47. The fourth-order valence-corrected chi connectivity index (χ4v) is 5.64. The number of hydrogen-bond donors (Lipinski definition) is 1. The summed E-state index contributed by atoms with van der Waals surface area (Å²) in [7, 11) is -3.34. The van der Waals surface area contributed by atoms with E-state index in [0.29, 0.717) is 37.9 Å². The molecule has 2 aliphatic rings. The lowest BCUT2D eigenvalue weighted by Crippen LogP contribution is -2.44. The van der Waals surface area contributed by atoms with E-state index in [0.717, 1.165) is 12.0 Å². The lowest BCUT2D eigenvalue weighted by atomic mass is 9.81. The molecule has 0 saturated carbocycles. The average molecular weight is 434 g/mol. The zero-order valence-electron chi connectivity index (χ0n) is 17.2. The third-order valence-electron chi connectivity index (χ3n) is 6.11. The number of benzene rings is 1. The first kappa shape index (κ1) is 20.8. The van der Waals surface area contributed by atoms with Crippen LogP contribution in [0.3, 0.4) is 0 Å². The zero-order valence-corrected chi connectivity index (χ0v) is 18.1. The molecule has 0 aliphatic carbocycles. The van der Waals surface area contributed by atoms with Gasteiger partial charge < -0.3 is 14.7 Å². The molecule has 0 unspecified atom stereocenters. The van der Waals surface area contributed by atoms with Crippen molar-refractivity contribution in [3.05, 3.63) is 47.6 Å². The smallest absolute Gasteiger partial charge is 0.317 e. The number of nitrogens with zero attached hydrogens (tertiary/aromatic N) is 4. The van der Waals surface area contributed by atoms with Crippen LogP contribution in [0.5, 0.6) is 0 Å². The van der Waals surface area contributed by atoms with Gasteiger partial charge >= 0.3 is 6.03 Å². The second kappa shape index (κ2) is 7.99. The van der Waals surface area contributed by atoms with Crippen molar-refractivity contribution in [2.24, 2.45) is 5.92 Å². The highest BCUT2D eigenvalue weighted by Gasteiger charge is 2.59. The van der Waals surface area contributed by atoms with E-state index in [-0.39, 0.29) is 24.2 Å². The summed E-state index contributed by atoms with van der Waals surface area (Å²) in [6.45, 7) is 5.32. The highest BCUT2D eigenvalue weighted by Crippen LogP contribution is 2.45. The van der Waals surface area contributed by atoms with Gasteiger partial charge in [-0.05, 0) is 25.8 Å². The van der Waals surface area contributed by atoms with Crippen LogP contribution >= 0.6 is 0 Å². The van der Waals surface area contributed by atoms with Gasteiger partial charge in [0.25, 0.3) is 0 Å². The molecule has 4 rings (SSSR count). The molecule has 2 aromatic rings. The number of likely N-dealkylation sites (tertiary alicyclic amines) is 1. The number of fused-ring (bicyclic) bond motifs is 1. The first-order valence-electron chi connectivity index (χ1n) is 10.2. The van der Waals surface area contributed by atoms with Crippen molar-refractivity contribution in [3.63, 3.8) is 0 Å². The van der Waals surface area contributed by atoms with Crippen LogP contribution in [0.25, 0.3) is 0 Å². The summed E-state index contributed by atoms with van der Waals surface area (Å²) in [5.74, 6) is 0.875. The minimum atomic E-state index is -3.34. The second-order valence-electron chi connectivity index (χ2n) is 8.04. The lowest BCUT2D eigenvalue weighted by molar-refractivity contribution is 0.199. The number of carbonyl (C=O) groups is 1. The Labute approximate surface area is 176 Å². The summed E-state index contributed by atoms with van der Waals surface area (Å²) in [4.78, 5) is 18.9. The van der Waals surface area contributed by atoms with Crippen LogP contribution in [0, 0.1) is 12.8 Å². The number of aryl methyl sites for hydroxylation is 1. The average Bonchev–Trinajstić information content (AvgIpc) is 3.41. The molecule has 2 aliphatic heterocycles. The van der Waals surface area contributed by atoms with Gasteiger partial charge in [-0.15, -0.1) is 0 Å². The maximum absolute atomic E-state index is 12.8. The first-order chi connectivity index (χ1) is 14.3. The van der Waals surface area contributed by atoms with Crippen LogP contribution < -0.4 is 5.32 Å². The molecule has 1 N–H and O–H groups in total. The van der Waals surface area contributed by atoms with Crippen LogP contribution in [-0.4, -0.2) is 72.3 Å². The molecule has 2 amide bonds. The SMILES string of the molecule is CCS(=O)(=O)N1C[C@@H]2CN(C(=O)NCCc3ccccc3)C[C@]2(c2nc(C)no2)C1. The van der Waals surface area contributed by atoms with Crippen molar-refractivity contribution in [2.75, 3.05) is 38.5 Å². The van der Waals surface area contributed by atoms with E-state index in [2.05, 4.69) is 15.5 Å². The van der Waals surface area contributed by atoms with E-state index >= 15 is 0 Å². The molecular formula is C20H27N5O4S. The third kappa shape index (κ3) is 3.81. The van der Waals surface area contributed by atoms with E-state index in [1.165, 1.54) is 4.31 Å². The highest BCUT2D eigenvalue weighted by atomic mass is 32.2. The van der Waals surface area contributed by atoms with E-state index < -0.39 is 15.4 Å². The van der Waals surface area contributed by atoms with E-state index in [4.69, 9.17) is 4.52 Å². The fourth-order valence-electron chi connectivity index (χ4n) is 4.44. The molecule has 162 valence electrons. The number of aromatic nitrogens is 2. The van der Waals surface area contributed by atoms with Crippen LogP contribution in [0.2, 0.25) is 0 Å². The lowest BCUT2D eigenvalue weighted by Gasteiger charge is -2.25. The Hall–Kier alpha value is -2.46. The summed E-state index contributed by atoms with van der Waals surface area (Å²) in [5, 5.41) is 6.88. The number of amides is 2. The standard InChI is InChI=1S/C20H27N5O4S/c1-3-30(27,28)25-12-17-11-24(13-20(17,14-25)18-22-15(2)23-29-18)19(26)21-10-9-16-7-5-4-6-8-16/h4-8,17H,3,9-14H2,1-2H3,(H,21,26)/t17-,20-/m0/s1. The number of rotatable bonds is 6. The van der Waals surface area contributed by atoms with Gasteiger partial charge in [0.15, 0.2) is 5.82 Å². The number of carbonyl (C=O) groups excluding carboxylic acids is 1. The predicted molar refractivity (Wildman–Crippen MR) is 110 cm³/mol. The van der Waals surface area contributed by atoms with Gasteiger partial charge in [-0.25, -0.2) is 17.5 Å². The topological polar surface area (TPSA) is 109 Å². The zero-order chi connectivity index (χ0) is 21.4.